The van der Waals surface area contributed by atoms with E-state index < -0.39 is 5.91 Å². The van der Waals surface area contributed by atoms with Crippen LogP contribution in [0.5, 0.6) is 5.75 Å². The molecule has 1 heterocycles. The lowest BCUT2D eigenvalue weighted by molar-refractivity contribution is -0.122. The van der Waals surface area contributed by atoms with Gasteiger partial charge in [0.05, 0.1) is 12.2 Å². The number of carbonyl (C=O) groups excluding carboxylic acids is 2. The second-order valence-corrected chi connectivity index (χ2v) is 6.05. The largest absolute Gasteiger partial charge is 0.490 e. The van der Waals surface area contributed by atoms with Gasteiger partial charge in [-0.05, 0) is 36.6 Å². The van der Waals surface area contributed by atoms with E-state index in [2.05, 4.69) is 10.9 Å². The number of carbonyl (C=O) groups is 2. The number of hydrazine groups is 1. The normalized spacial score (nSPS) is 10.6. The molecule has 3 aromatic rings. The van der Waals surface area contributed by atoms with Gasteiger partial charge in [0.2, 0.25) is 0 Å². The Kier molecular flexibility index (Phi) is 6.64. The third-order valence-corrected chi connectivity index (χ3v) is 4.13. The fraction of sp³-hybridized carbons (Fsp3) is 0.238. The Bertz CT molecular complexity index is 951. The number of rotatable bonds is 8. The van der Waals surface area contributed by atoms with Crippen LogP contribution in [0.3, 0.4) is 0 Å². The van der Waals surface area contributed by atoms with E-state index in [4.69, 9.17) is 9.47 Å². The lowest BCUT2D eigenvalue weighted by atomic mass is 10.2. The Balaban J connectivity index is 1.56. The molecule has 146 valence electrons. The summed E-state index contributed by atoms with van der Waals surface area (Å²) in [5.41, 5.74) is 6.18. The van der Waals surface area contributed by atoms with E-state index in [0.717, 1.165) is 10.9 Å². The number of fused-ring (bicyclic) bond motifs is 1. The minimum atomic E-state index is -0.447. The number of ether oxygens (including phenoxy) is 2. The van der Waals surface area contributed by atoms with Gasteiger partial charge in [-0.3, -0.25) is 20.4 Å². The van der Waals surface area contributed by atoms with Crippen molar-refractivity contribution in [2.24, 2.45) is 0 Å². The Labute approximate surface area is 163 Å². The van der Waals surface area contributed by atoms with Crippen molar-refractivity contribution in [3.8, 4) is 5.75 Å². The van der Waals surface area contributed by atoms with E-state index in [1.807, 2.05) is 48.0 Å². The molecular weight excluding hydrogens is 358 g/mol. The third-order valence-electron chi connectivity index (χ3n) is 4.13. The predicted molar refractivity (Wildman–Crippen MR) is 106 cm³/mol. The molecule has 0 atom stereocenters. The molecule has 0 radical (unpaired) electrons. The molecule has 0 aliphatic heterocycles. The third kappa shape index (κ3) is 4.89. The molecule has 0 bridgehead atoms. The topological polar surface area (TPSA) is 81.6 Å². The van der Waals surface area contributed by atoms with Gasteiger partial charge in [0, 0.05) is 18.3 Å². The Hall–Kier alpha value is -3.32. The number of amides is 2. The quantitative estimate of drug-likeness (QED) is 0.464. The number of hydrogen-bond donors (Lipinski definition) is 2. The maximum Gasteiger partial charge on any atom is 0.273 e. The smallest absolute Gasteiger partial charge is 0.273 e. The minimum Gasteiger partial charge on any atom is -0.490 e. The highest BCUT2D eigenvalue weighted by molar-refractivity contribution is 5.97. The molecule has 0 saturated carbocycles. The van der Waals surface area contributed by atoms with Gasteiger partial charge < -0.3 is 14.0 Å². The summed E-state index contributed by atoms with van der Waals surface area (Å²) in [4.78, 5) is 24.7. The molecule has 0 aliphatic carbocycles. The van der Waals surface area contributed by atoms with Crippen LogP contribution in [-0.2, 0) is 16.1 Å². The minimum absolute atomic E-state index is 0.0975. The number of aromatic nitrogens is 1. The zero-order valence-electron chi connectivity index (χ0n) is 15.7. The van der Waals surface area contributed by atoms with Crippen LogP contribution in [-0.4, -0.2) is 36.2 Å². The highest BCUT2D eigenvalue weighted by Crippen LogP contribution is 2.17. The second-order valence-electron chi connectivity index (χ2n) is 6.05. The number of nitrogens with zero attached hydrogens (tertiary/aromatic N) is 1. The highest BCUT2D eigenvalue weighted by Gasteiger charge is 2.13. The molecule has 28 heavy (non-hydrogen) atoms. The van der Waals surface area contributed by atoms with Crippen LogP contribution in [0.1, 0.15) is 17.3 Å². The number of nitrogens with one attached hydrogen (secondary N) is 2. The Morgan fingerprint density at radius 2 is 1.75 bits per heavy atom. The van der Waals surface area contributed by atoms with Gasteiger partial charge in [-0.1, -0.05) is 30.3 Å². The molecule has 2 N–H and O–H groups in total. The van der Waals surface area contributed by atoms with Crippen LogP contribution in [0.15, 0.2) is 60.8 Å². The average molecular weight is 381 g/mol. The van der Waals surface area contributed by atoms with Gasteiger partial charge in [-0.15, -0.1) is 0 Å². The molecule has 7 nitrogen and oxygen atoms in total. The number of benzene rings is 2. The van der Waals surface area contributed by atoms with Gasteiger partial charge in [0.15, 0.2) is 0 Å². The number of hydrogen-bond acceptors (Lipinski definition) is 4. The summed E-state index contributed by atoms with van der Waals surface area (Å²) < 4.78 is 12.6. The first-order valence-corrected chi connectivity index (χ1v) is 9.11. The van der Waals surface area contributed by atoms with Crippen molar-refractivity contribution in [3.05, 3.63) is 66.4 Å². The summed E-state index contributed by atoms with van der Waals surface area (Å²) in [5.74, 6) is -0.340. The van der Waals surface area contributed by atoms with Gasteiger partial charge in [-0.2, -0.15) is 0 Å². The van der Waals surface area contributed by atoms with E-state index in [-0.39, 0.29) is 12.5 Å². The van der Waals surface area contributed by atoms with Crippen LogP contribution in [0.4, 0.5) is 0 Å². The van der Waals surface area contributed by atoms with Crippen LogP contribution in [0.25, 0.3) is 10.9 Å². The van der Waals surface area contributed by atoms with Crippen molar-refractivity contribution in [2.45, 2.75) is 13.5 Å². The lowest BCUT2D eigenvalue weighted by Gasteiger charge is -2.12. The fourth-order valence-corrected chi connectivity index (χ4v) is 2.80. The van der Waals surface area contributed by atoms with Crippen LogP contribution in [0, 0.1) is 0 Å². The van der Waals surface area contributed by atoms with Gasteiger partial charge in [-0.25, -0.2) is 0 Å². The first-order chi connectivity index (χ1) is 13.7. The SMILES string of the molecule is CCOCCOc1ccccc1C(=O)NNC(=O)Cn1ccc2ccccc21. The maximum absolute atomic E-state index is 12.4. The van der Waals surface area contributed by atoms with Crippen molar-refractivity contribution >= 4 is 22.7 Å². The van der Waals surface area contributed by atoms with Crippen LogP contribution < -0.4 is 15.6 Å². The summed E-state index contributed by atoms with van der Waals surface area (Å²) in [6.07, 6.45) is 1.84. The Morgan fingerprint density at radius 1 is 0.964 bits per heavy atom. The van der Waals surface area contributed by atoms with Gasteiger partial charge in [0.1, 0.15) is 18.9 Å². The summed E-state index contributed by atoms with van der Waals surface area (Å²) in [7, 11) is 0. The van der Waals surface area contributed by atoms with Crippen molar-refractivity contribution in [1.82, 2.24) is 15.4 Å². The summed E-state index contributed by atoms with van der Waals surface area (Å²) >= 11 is 0. The molecule has 2 aromatic carbocycles. The first-order valence-electron chi connectivity index (χ1n) is 9.11. The van der Waals surface area contributed by atoms with E-state index in [1.165, 1.54) is 0 Å². The van der Waals surface area contributed by atoms with Crippen molar-refractivity contribution < 1.29 is 19.1 Å². The highest BCUT2D eigenvalue weighted by atomic mass is 16.5. The van der Waals surface area contributed by atoms with Crippen molar-refractivity contribution in [1.29, 1.82) is 0 Å². The molecule has 0 aliphatic rings. The molecule has 0 fully saturated rings. The van der Waals surface area contributed by atoms with Gasteiger partial charge in [0.25, 0.3) is 11.8 Å². The van der Waals surface area contributed by atoms with E-state index >= 15 is 0 Å². The summed E-state index contributed by atoms with van der Waals surface area (Å²) in [5, 5.41) is 1.05. The summed E-state index contributed by atoms with van der Waals surface area (Å²) in [6.45, 7) is 3.38. The molecule has 0 spiro atoms. The van der Waals surface area contributed by atoms with Crippen molar-refractivity contribution in [2.75, 3.05) is 19.8 Å². The van der Waals surface area contributed by atoms with Crippen molar-refractivity contribution in [3.63, 3.8) is 0 Å². The zero-order valence-corrected chi connectivity index (χ0v) is 15.7. The zero-order chi connectivity index (χ0) is 19.8. The first kappa shape index (κ1) is 19.4. The fourth-order valence-electron chi connectivity index (χ4n) is 2.80. The summed E-state index contributed by atoms with van der Waals surface area (Å²) in [6, 6.07) is 16.6. The Morgan fingerprint density at radius 3 is 2.61 bits per heavy atom. The molecule has 0 saturated heterocycles. The van der Waals surface area contributed by atoms with Gasteiger partial charge >= 0.3 is 0 Å². The van der Waals surface area contributed by atoms with E-state index in [9.17, 15) is 9.59 Å². The van der Waals surface area contributed by atoms with Crippen LogP contribution in [0.2, 0.25) is 0 Å². The lowest BCUT2D eigenvalue weighted by Crippen LogP contribution is -2.43. The standard InChI is InChI=1S/C21H23N3O4/c1-2-27-13-14-28-19-10-6-4-8-17(19)21(26)23-22-20(25)15-24-12-11-16-7-3-5-9-18(16)24/h3-12H,2,13-15H2,1H3,(H,22,25)(H,23,26). The maximum atomic E-state index is 12.4. The molecule has 1 aromatic heterocycles. The monoisotopic (exact) mass is 381 g/mol. The molecule has 0 unspecified atom stereocenters. The van der Waals surface area contributed by atoms with E-state index in [0.29, 0.717) is 31.1 Å². The second kappa shape index (κ2) is 9.57. The molecular formula is C21H23N3O4. The molecule has 3 rings (SSSR count). The molecule has 2 amide bonds. The number of para-hydroxylation sites is 2. The van der Waals surface area contributed by atoms with Crippen LogP contribution >= 0.6 is 0 Å². The predicted octanol–water partition coefficient (Wildman–Crippen LogP) is 2.52. The van der Waals surface area contributed by atoms with E-state index in [1.54, 1.807) is 24.3 Å². The molecule has 7 heteroatoms. The average Bonchev–Trinajstić information content (AvgIpc) is 3.12.